The third-order valence-electron chi connectivity index (χ3n) is 4.57. The Labute approximate surface area is 187 Å². The van der Waals surface area contributed by atoms with Gasteiger partial charge in [0.25, 0.3) is 0 Å². The molecule has 29 heavy (non-hydrogen) atoms. The molecule has 0 radical (unpaired) electrons. The fraction of sp³-hybridized carbons (Fsp3) is 0.364. The SMILES string of the molecule is CCCNC(=O)C(CC)N(Cc1ccccc1Cl)C(=O)Cc1ccc(Cl)c(Cl)c1. The van der Waals surface area contributed by atoms with Crippen LogP contribution in [-0.2, 0) is 22.6 Å². The fourth-order valence-corrected chi connectivity index (χ4v) is 3.54. The van der Waals surface area contributed by atoms with E-state index >= 15 is 0 Å². The molecule has 0 aromatic heterocycles. The first-order chi connectivity index (χ1) is 13.9. The highest BCUT2D eigenvalue weighted by molar-refractivity contribution is 6.42. The quantitative estimate of drug-likeness (QED) is 0.541. The molecule has 0 saturated heterocycles. The molecule has 2 rings (SSSR count). The third-order valence-corrected chi connectivity index (χ3v) is 5.68. The normalized spacial score (nSPS) is 11.8. The molecule has 4 nitrogen and oxygen atoms in total. The van der Waals surface area contributed by atoms with Crippen LogP contribution in [0.15, 0.2) is 42.5 Å². The molecule has 2 amide bonds. The predicted octanol–water partition coefficient (Wildman–Crippen LogP) is 5.52. The fourth-order valence-electron chi connectivity index (χ4n) is 3.02. The van der Waals surface area contributed by atoms with Gasteiger partial charge in [0.15, 0.2) is 0 Å². The van der Waals surface area contributed by atoms with Crippen molar-refractivity contribution in [3.63, 3.8) is 0 Å². The van der Waals surface area contributed by atoms with Gasteiger partial charge < -0.3 is 10.2 Å². The molecule has 0 aliphatic rings. The van der Waals surface area contributed by atoms with Crippen LogP contribution < -0.4 is 5.32 Å². The summed E-state index contributed by atoms with van der Waals surface area (Å²) in [6, 6.07) is 11.8. The smallest absolute Gasteiger partial charge is 0.242 e. The summed E-state index contributed by atoms with van der Waals surface area (Å²) in [7, 11) is 0. The van der Waals surface area contributed by atoms with Crippen molar-refractivity contribution in [1.82, 2.24) is 10.2 Å². The maximum atomic E-state index is 13.2. The van der Waals surface area contributed by atoms with Crippen LogP contribution in [0.3, 0.4) is 0 Å². The number of halogens is 3. The van der Waals surface area contributed by atoms with Crippen molar-refractivity contribution in [3.05, 3.63) is 68.7 Å². The van der Waals surface area contributed by atoms with E-state index in [1.54, 1.807) is 29.2 Å². The number of nitrogens with one attached hydrogen (secondary N) is 1. The van der Waals surface area contributed by atoms with Crippen molar-refractivity contribution in [1.29, 1.82) is 0 Å². The molecule has 2 aromatic rings. The standard InChI is InChI=1S/C22H25Cl3N2O2/c1-3-11-26-22(29)20(4-2)27(14-16-7-5-6-8-17(16)23)21(28)13-15-9-10-18(24)19(25)12-15/h5-10,12,20H,3-4,11,13-14H2,1-2H3,(H,26,29). The van der Waals surface area contributed by atoms with E-state index in [4.69, 9.17) is 34.8 Å². The molecular formula is C22H25Cl3N2O2. The molecule has 156 valence electrons. The highest BCUT2D eigenvalue weighted by Gasteiger charge is 2.29. The minimum absolute atomic E-state index is 0.110. The van der Waals surface area contributed by atoms with Crippen molar-refractivity contribution in [3.8, 4) is 0 Å². The van der Waals surface area contributed by atoms with Crippen molar-refractivity contribution in [2.24, 2.45) is 0 Å². The van der Waals surface area contributed by atoms with Gasteiger partial charge in [-0.2, -0.15) is 0 Å². The lowest BCUT2D eigenvalue weighted by atomic mass is 10.1. The van der Waals surface area contributed by atoms with Gasteiger partial charge >= 0.3 is 0 Å². The van der Waals surface area contributed by atoms with Crippen LogP contribution in [-0.4, -0.2) is 29.3 Å². The molecule has 0 fully saturated rings. The first kappa shape index (κ1) is 23.5. The van der Waals surface area contributed by atoms with Gasteiger partial charge in [-0.1, -0.05) is 72.9 Å². The first-order valence-corrected chi connectivity index (χ1v) is 10.7. The third kappa shape index (κ3) is 6.63. The van der Waals surface area contributed by atoms with E-state index in [1.165, 1.54) is 0 Å². The number of hydrogen-bond acceptors (Lipinski definition) is 2. The van der Waals surface area contributed by atoms with Gasteiger partial charge in [-0.15, -0.1) is 0 Å². The van der Waals surface area contributed by atoms with Gasteiger partial charge in [0.1, 0.15) is 6.04 Å². The molecule has 0 bridgehead atoms. The monoisotopic (exact) mass is 454 g/mol. The maximum absolute atomic E-state index is 13.2. The summed E-state index contributed by atoms with van der Waals surface area (Å²) in [5, 5.41) is 4.28. The van der Waals surface area contributed by atoms with Crippen LogP contribution in [0.4, 0.5) is 0 Å². The summed E-state index contributed by atoms with van der Waals surface area (Å²) < 4.78 is 0. The topological polar surface area (TPSA) is 49.4 Å². The first-order valence-electron chi connectivity index (χ1n) is 9.61. The molecule has 0 spiro atoms. The van der Waals surface area contributed by atoms with Gasteiger partial charge in [-0.3, -0.25) is 9.59 Å². The Morgan fingerprint density at radius 1 is 1.00 bits per heavy atom. The minimum atomic E-state index is -0.590. The van der Waals surface area contributed by atoms with Crippen LogP contribution >= 0.6 is 34.8 Å². The number of amides is 2. The van der Waals surface area contributed by atoms with Crippen molar-refractivity contribution in [2.75, 3.05) is 6.54 Å². The number of nitrogens with zero attached hydrogens (tertiary/aromatic N) is 1. The number of carbonyl (C=O) groups excluding carboxylic acids is 2. The Kier molecular flexibility index (Phi) is 9.28. The molecule has 1 atom stereocenters. The van der Waals surface area contributed by atoms with E-state index in [-0.39, 0.29) is 24.8 Å². The van der Waals surface area contributed by atoms with E-state index in [9.17, 15) is 9.59 Å². The van der Waals surface area contributed by atoms with E-state index in [0.29, 0.717) is 28.0 Å². The number of hydrogen-bond donors (Lipinski definition) is 1. The Bertz CT molecular complexity index is 858. The van der Waals surface area contributed by atoms with Crippen LogP contribution in [0.5, 0.6) is 0 Å². The van der Waals surface area contributed by atoms with E-state index < -0.39 is 6.04 Å². The molecule has 0 aliphatic carbocycles. The second-order valence-electron chi connectivity index (χ2n) is 6.75. The summed E-state index contributed by atoms with van der Waals surface area (Å²) in [5.74, 6) is -0.342. The second kappa shape index (κ2) is 11.4. The number of benzene rings is 2. The molecule has 0 heterocycles. The molecule has 0 saturated carbocycles. The lowest BCUT2D eigenvalue weighted by Gasteiger charge is -2.31. The maximum Gasteiger partial charge on any atom is 0.242 e. The lowest BCUT2D eigenvalue weighted by Crippen LogP contribution is -2.49. The van der Waals surface area contributed by atoms with E-state index in [1.807, 2.05) is 32.0 Å². The summed E-state index contributed by atoms with van der Waals surface area (Å²) in [5.41, 5.74) is 1.52. The summed E-state index contributed by atoms with van der Waals surface area (Å²) >= 11 is 18.4. The van der Waals surface area contributed by atoms with E-state index in [0.717, 1.165) is 17.5 Å². The molecule has 7 heteroatoms. The molecule has 2 aromatic carbocycles. The van der Waals surface area contributed by atoms with Crippen LogP contribution in [0.1, 0.15) is 37.8 Å². The van der Waals surface area contributed by atoms with Crippen molar-refractivity contribution in [2.45, 2.75) is 45.7 Å². The van der Waals surface area contributed by atoms with Crippen LogP contribution in [0.2, 0.25) is 15.1 Å². The highest BCUT2D eigenvalue weighted by Crippen LogP contribution is 2.24. The second-order valence-corrected chi connectivity index (χ2v) is 7.97. The largest absolute Gasteiger partial charge is 0.354 e. The van der Waals surface area contributed by atoms with Crippen molar-refractivity contribution < 1.29 is 9.59 Å². The minimum Gasteiger partial charge on any atom is -0.354 e. The van der Waals surface area contributed by atoms with Crippen LogP contribution in [0, 0.1) is 0 Å². The summed E-state index contributed by atoms with van der Waals surface area (Å²) in [6.45, 7) is 4.69. The van der Waals surface area contributed by atoms with Crippen LogP contribution in [0.25, 0.3) is 0 Å². The highest BCUT2D eigenvalue weighted by atomic mass is 35.5. The molecule has 1 N–H and O–H groups in total. The van der Waals surface area contributed by atoms with Gasteiger partial charge in [-0.05, 0) is 42.2 Å². The Morgan fingerprint density at radius 2 is 1.72 bits per heavy atom. The van der Waals surface area contributed by atoms with Crippen molar-refractivity contribution >= 4 is 46.6 Å². The molecular weight excluding hydrogens is 431 g/mol. The Balaban J connectivity index is 2.30. The van der Waals surface area contributed by atoms with Gasteiger partial charge in [0.05, 0.1) is 16.5 Å². The number of rotatable bonds is 9. The number of carbonyl (C=O) groups is 2. The Morgan fingerprint density at radius 3 is 2.34 bits per heavy atom. The summed E-state index contributed by atoms with van der Waals surface area (Å²) in [6.07, 6.45) is 1.43. The zero-order valence-corrected chi connectivity index (χ0v) is 18.8. The molecule has 0 aliphatic heterocycles. The van der Waals surface area contributed by atoms with Gasteiger partial charge in [-0.25, -0.2) is 0 Å². The predicted molar refractivity (Wildman–Crippen MR) is 120 cm³/mol. The zero-order valence-electron chi connectivity index (χ0n) is 16.6. The lowest BCUT2D eigenvalue weighted by molar-refractivity contribution is -0.140. The van der Waals surface area contributed by atoms with Gasteiger partial charge in [0.2, 0.25) is 11.8 Å². The summed E-state index contributed by atoms with van der Waals surface area (Å²) in [4.78, 5) is 27.6. The Hall–Kier alpha value is -1.75. The van der Waals surface area contributed by atoms with E-state index in [2.05, 4.69) is 5.32 Å². The zero-order chi connectivity index (χ0) is 21.4. The average molecular weight is 456 g/mol. The van der Waals surface area contributed by atoms with Gasteiger partial charge in [0, 0.05) is 18.1 Å². The average Bonchev–Trinajstić information content (AvgIpc) is 2.70. The molecule has 1 unspecified atom stereocenters.